The van der Waals surface area contributed by atoms with Crippen LogP contribution < -0.4 is 0 Å². The lowest BCUT2D eigenvalue weighted by atomic mass is 10.0. The number of para-hydroxylation sites is 1. The van der Waals surface area contributed by atoms with Crippen LogP contribution in [0.4, 0.5) is 0 Å². The van der Waals surface area contributed by atoms with Crippen molar-refractivity contribution in [3.05, 3.63) is 41.1 Å². The molecule has 2 aromatic rings. The second kappa shape index (κ2) is 4.51. The number of benzene rings is 1. The van der Waals surface area contributed by atoms with Crippen LogP contribution >= 0.6 is 0 Å². The van der Waals surface area contributed by atoms with E-state index in [-0.39, 0.29) is 6.61 Å². The van der Waals surface area contributed by atoms with Crippen molar-refractivity contribution in [2.45, 2.75) is 13.5 Å². The Morgan fingerprint density at radius 1 is 1.41 bits per heavy atom. The van der Waals surface area contributed by atoms with Gasteiger partial charge >= 0.3 is 5.97 Å². The Balaban J connectivity index is 2.81. The molecule has 2 rings (SSSR count). The molecule has 0 spiro atoms. The van der Waals surface area contributed by atoms with Gasteiger partial charge in [-0.1, -0.05) is 18.2 Å². The summed E-state index contributed by atoms with van der Waals surface area (Å²) in [6.07, 6.45) is 0. The number of aliphatic hydroxyl groups is 1. The van der Waals surface area contributed by atoms with Crippen molar-refractivity contribution >= 4 is 16.9 Å². The van der Waals surface area contributed by atoms with Crippen molar-refractivity contribution in [3.63, 3.8) is 0 Å². The van der Waals surface area contributed by atoms with Crippen LogP contribution in [0.5, 0.6) is 0 Å². The van der Waals surface area contributed by atoms with Gasteiger partial charge in [0.15, 0.2) is 0 Å². The van der Waals surface area contributed by atoms with E-state index in [0.717, 1.165) is 16.5 Å². The van der Waals surface area contributed by atoms with E-state index in [4.69, 9.17) is 4.74 Å². The highest BCUT2D eigenvalue weighted by atomic mass is 16.5. The molecule has 0 aliphatic rings. The number of aromatic nitrogens is 1. The molecule has 88 valence electrons. The topological polar surface area (TPSA) is 59.4 Å². The minimum absolute atomic E-state index is 0.282. The van der Waals surface area contributed by atoms with E-state index in [1.54, 1.807) is 0 Å². The van der Waals surface area contributed by atoms with Gasteiger partial charge in [0, 0.05) is 5.39 Å². The predicted molar refractivity (Wildman–Crippen MR) is 63.7 cm³/mol. The molecular weight excluding hydrogens is 218 g/mol. The molecule has 0 saturated heterocycles. The number of esters is 1. The molecule has 4 nitrogen and oxygen atoms in total. The molecule has 0 radical (unpaired) electrons. The van der Waals surface area contributed by atoms with Crippen molar-refractivity contribution in [1.29, 1.82) is 0 Å². The summed E-state index contributed by atoms with van der Waals surface area (Å²) >= 11 is 0. The summed E-state index contributed by atoms with van der Waals surface area (Å²) in [5.74, 6) is -0.468. The van der Waals surface area contributed by atoms with Gasteiger partial charge < -0.3 is 9.84 Å². The maximum atomic E-state index is 11.7. The molecule has 1 aromatic carbocycles. The van der Waals surface area contributed by atoms with E-state index in [9.17, 15) is 9.90 Å². The molecule has 1 N–H and O–H groups in total. The van der Waals surface area contributed by atoms with E-state index in [2.05, 4.69) is 4.98 Å². The van der Waals surface area contributed by atoms with Crippen LogP contribution in [0.3, 0.4) is 0 Å². The molecule has 0 aliphatic carbocycles. The monoisotopic (exact) mass is 231 g/mol. The maximum absolute atomic E-state index is 11.7. The van der Waals surface area contributed by atoms with Crippen LogP contribution in [0, 0.1) is 6.92 Å². The van der Waals surface area contributed by atoms with Crippen molar-refractivity contribution in [2.75, 3.05) is 7.11 Å². The minimum Gasteiger partial charge on any atom is -0.465 e. The van der Waals surface area contributed by atoms with Gasteiger partial charge in [-0.25, -0.2) is 9.78 Å². The third kappa shape index (κ3) is 1.87. The smallest absolute Gasteiger partial charge is 0.340 e. The number of ether oxygens (including phenoxy) is 1. The van der Waals surface area contributed by atoms with Gasteiger partial charge in [0.05, 0.1) is 30.5 Å². The van der Waals surface area contributed by atoms with E-state index in [1.165, 1.54) is 7.11 Å². The summed E-state index contributed by atoms with van der Waals surface area (Å²) in [6, 6.07) is 7.50. The molecule has 0 amide bonds. The third-order valence-electron chi connectivity index (χ3n) is 2.77. The Kier molecular flexibility index (Phi) is 3.06. The molecule has 1 heterocycles. The van der Waals surface area contributed by atoms with E-state index in [1.807, 2.05) is 31.2 Å². The summed E-state index contributed by atoms with van der Waals surface area (Å²) < 4.78 is 4.72. The normalized spacial score (nSPS) is 10.5. The standard InChI is InChI=1S/C13H13NO3/c1-8-9-5-3-4-6-10(9)14-11(7-15)12(8)13(16)17-2/h3-6,15H,7H2,1-2H3. The second-order valence-corrected chi connectivity index (χ2v) is 3.73. The summed E-state index contributed by atoms with van der Waals surface area (Å²) in [5, 5.41) is 10.2. The summed E-state index contributed by atoms with van der Waals surface area (Å²) in [5.41, 5.74) is 2.26. The highest BCUT2D eigenvalue weighted by Gasteiger charge is 2.18. The van der Waals surface area contributed by atoms with E-state index in [0.29, 0.717) is 11.3 Å². The van der Waals surface area contributed by atoms with Gasteiger partial charge in [-0.2, -0.15) is 0 Å². The van der Waals surface area contributed by atoms with Crippen LogP contribution in [0.25, 0.3) is 10.9 Å². The van der Waals surface area contributed by atoms with Crippen molar-refractivity contribution in [2.24, 2.45) is 0 Å². The summed E-state index contributed by atoms with van der Waals surface area (Å²) in [7, 11) is 1.32. The lowest BCUT2D eigenvalue weighted by Crippen LogP contribution is -2.10. The molecule has 0 aliphatic heterocycles. The third-order valence-corrected chi connectivity index (χ3v) is 2.77. The minimum atomic E-state index is -0.468. The van der Waals surface area contributed by atoms with Gasteiger partial charge in [0.1, 0.15) is 0 Å². The number of carbonyl (C=O) groups excluding carboxylic acids is 1. The fourth-order valence-electron chi connectivity index (χ4n) is 1.93. The number of pyridine rings is 1. The molecule has 0 atom stereocenters. The van der Waals surface area contributed by atoms with E-state index < -0.39 is 5.97 Å². The fraction of sp³-hybridized carbons (Fsp3) is 0.231. The number of methoxy groups -OCH3 is 1. The van der Waals surface area contributed by atoms with Gasteiger partial charge in [-0.05, 0) is 18.6 Å². The first kappa shape index (κ1) is 11.5. The second-order valence-electron chi connectivity index (χ2n) is 3.73. The molecule has 0 saturated carbocycles. The van der Waals surface area contributed by atoms with Crippen LogP contribution in [0.15, 0.2) is 24.3 Å². The SMILES string of the molecule is COC(=O)c1c(CO)nc2ccccc2c1C. The number of fused-ring (bicyclic) bond motifs is 1. The Hall–Kier alpha value is -1.94. The predicted octanol–water partition coefficient (Wildman–Crippen LogP) is 1.82. The van der Waals surface area contributed by atoms with Gasteiger partial charge in [-0.3, -0.25) is 0 Å². The number of nitrogens with zero attached hydrogens (tertiary/aromatic N) is 1. The number of aliphatic hydroxyl groups excluding tert-OH is 1. The first-order valence-corrected chi connectivity index (χ1v) is 5.26. The molecule has 17 heavy (non-hydrogen) atoms. The zero-order valence-electron chi connectivity index (χ0n) is 9.73. The lowest BCUT2D eigenvalue weighted by Gasteiger charge is -2.11. The molecular formula is C13H13NO3. The van der Waals surface area contributed by atoms with Crippen LogP contribution in [-0.2, 0) is 11.3 Å². The largest absolute Gasteiger partial charge is 0.465 e. The number of rotatable bonds is 2. The van der Waals surface area contributed by atoms with Crippen LogP contribution in [-0.4, -0.2) is 23.2 Å². The molecule has 0 fully saturated rings. The lowest BCUT2D eigenvalue weighted by molar-refractivity contribution is 0.0595. The van der Waals surface area contributed by atoms with Crippen molar-refractivity contribution < 1.29 is 14.6 Å². The zero-order chi connectivity index (χ0) is 12.4. The van der Waals surface area contributed by atoms with Crippen LogP contribution in [0.1, 0.15) is 21.6 Å². The fourth-order valence-corrected chi connectivity index (χ4v) is 1.93. The average molecular weight is 231 g/mol. The quantitative estimate of drug-likeness (QED) is 0.801. The van der Waals surface area contributed by atoms with Gasteiger partial charge in [0.2, 0.25) is 0 Å². The van der Waals surface area contributed by atoms with Crippen molar-refractivity contribution in [1.82, 2.24) is 4.98 Å². The first-order valence-electron chi connectivity index (χ1n) is 5.26. The number of hydrogen-bond acceptors (Lipinski definition) is 4. The molecule has 1 aromatic heterocycles. The Bertz CT molecular complexity index is 578. The summed E-state index contributed by atoms with van der Waals surface area (Å²) in [4.78, 5) is 16.0. The van der Waals surface area contributed by atoms with Gasteiger partial charge in [0.25, 0.3) is 0 Å². The first-order chi connectivity index (χ1) is 8.19. The van der Waals surface area contributed by atoms with E-state index >= 15 is 0 Å². The number of hydrogen-bond donors (Lipinski definition) is 1. The summed E-state index contributed by atoms with van der Waals surface area (Å²) in [6.45, 7) is 1.55. The van der Waals surface area contributed by atoms with Crippen LogP contribution in [0.2, 0.25) is 0 Å². The zero-order valence-corrected chi connectivity index (χ0v) is 9.73. The maximum Gasteiger partial charge on any atom is 0.340 e. The number of carbonyl (C=O) groups is 1. The Morgan fingerprint density at radius 2 is 2.12 bits per heavy atom. The average Bonchev–Trinajstić information content (AvgIpc) is 2.37. The number of aryl methyl sites for hydroxylation is 1. The Labute approximate surface area is 98.9 Å². The molecule has 4 heteroatoms. The molecule has 0 bridgehead atoms. The molecule has 0 unspecified atom stereocenters. The van der Waals surface area contributed by atoms with Gasteiger partial charge in [-0.15, -0.1) is 0 Å². The van der Waals surface area contributed by atoms with Crippen molar-refractivity contribution in [3.8, 4) is 0 Å². The Morgan fingerprint density at radius 3 is 2.76 bits per heavy atom. The highest BCUT2D eigenvalue weighted by Crippen LogP contribution is 2.23. The highest BCUT2D eigenvalue weighted by molar-refractivity contribution is 5.98.